The third-order valence-electron chi connectivity index (χ3n) is 4.52. The van der Waals surface area contributed by atoms with Crippen LogP contribution >= 0.6 is 0 Å². The first-order valence-electron chi connectivity index (χ1n) is 7.83. The van der Waals surface area contributed by atoms with Crippen LogP contribution in [0.3, 0.4) is 0 Å². The number of hydrogen-bond donors (Lipinski definition) is 4. The van der Waals surface area contributed by atoms with Gasteiger partial charge in [-0.15, -0.1) is 0 Å². The zero-order valence-electron chi connectivity index (χ0n) is 13.5. The number of guanidine groups is 1. The largest absolute Gasteiger partial charge is 0.369 e. The lowest BCUT2D eigenvalue weighted by Crippen LogP contribution is -2.60. The van der Waals surface area contributed by atoms with Gasteiger partial charge in [0.2, 0.25) is 11.9 Å². The van der Waals surface area contributed by atoms with Crippen molar-refractivity contribution in [2.24, 2.45) is 16.5 Å². The smallest absolute Gasteiger partial charge is 0.248 e. The molecule has 0 spiro atoms. The lowest BCUT2D eigenvalue weighted by atomic mass is 9.92. The maximum Gasteiger partial charge on any atom is 0.248 e. The molecule has 7 nitrogen and oxygen atoms in total. The van der Waals surface area contributed by atoms with Gasteiger partial charge in [0.05, 0.1) is 5.75 Å². The Labute approximate surface area is 141 Å². The summed E-state index contributed by atoms with van der Waals surface area (Å²) >= 11 is 0. The summed E-state index contributed by atoms with van der Waals surface area (Å²) in [5, 5.41) is 0. The minimum atomic E-state index is -3.02. The molecule has 9 heteroatoms. The van der Waals surface area contributed by atoms with Gasteiger partial charge < -0.3 is 11.5 Å². The summed E-state index contributed by atoms with van der Waals surface area (Å²) in [6.45, 7) is 2.84. The van der Waals surface area contributed by atoms with Crippen molar-refractivity contribution in [3.05, 3.63) is 35.1 Å². The van der Waals surface area contributed by atoms with E-state index in [-0.39, 0.29) is 22.8 Å². The summed E-state index contributed by atoms with van der Waals surface area (Å²) in [5.41, 5.74) is 10.6. The summed E-state index contributed by atoms with van der Waals surface area (Å²) in [6, 6.07) is 3.86. The fraction of sp³-hybridized carbons (Fsp3) is 0.467. The van der Waals surface area contributed by atoms with Crippen molar-refractivity contribution < 1.29 is 13.4 Å². The Bertz CT molecular complexity index is 768. The monoisotopic (exact) mass is 355 g/mol. The second-order valence-corrected chi connectivity index (χ2v) is 8.92. The van der Waals surface area contributed by atoms with Crippen molar-refractivity contribution in [1.29, 1.82) is 0 Å². The van der Waals surface area contributed by atoms with Crippen LogP contribution < -0.4 is 16.2 Å². The maximum absolute atomic E-state index is 14.4. The molecule has 0 aliphatic carbocycles. The maximum atomic E-state index is 14.4. The quantitative estimate of drug-likeness (QED) is 0.560. The van der Waals surface area contributed by atoms with Crippen LogP contribution in [0.15, 0.2) is 23.2 Å². The molecule has 3 rings (SSSR count). The number of carbonyl (C=O) groups excluding carboxylic acids is 1. The van der Waals surface area contributed by atoms with Gasteiger partial charge >= 0.3 is 0 Å². The molecule has 24 heavy (non-hydrogen) atoms. The van der Waals surface area contributed by atoms with Gasteiger partial charge in [-0.05, 0) is 38.0 Å². The second kappa shape index (κ2) is 5.82. The van der Waals surface area contributed by atoms with Crippen molar-refractivity contribution >= 4 is 22.2 Å². The van der Waals surface area contributed by atoms with Gasteiger partial charge in [-0.25, -0.2) is 14.1 Å². The number of primary amides is 1. The molecule has 132 valence electrons. The van der Waals surface area contributed by atoms with Gasteiger partial charge in [0.1, 0.15) is 11.4 Å². The predicted molar refractivity (Wildman–Crippen MR) is 92.2 cm³/mol. The van der Waals surface area contributed by atoms with Crippen LogP contribution in [-0.2, 0) is 15.8 Å². The van der Waals surface area contributed by atoms with E-state index in [9.17, 15) is 13.4 Å². The van der Waals surface area contributed by atoms with E-state index in [1.807, 2.05) is 0 Å². The highest BCUT2D eigenvalue weighted by molar-refractivity contribution is 7.99. The Morgan fingerprint density at radius 2 is 2.21 bits per heavy atom. The average Bonchev–Trinajstić information content (AvgIpc) is 2.68. The molecule has 1 fully saturated rings. The summed E-state index contributed by atoms with van der Waals surface area (Å²) in [7, 11) is -3.02. The molecule has 0 aromatic heterocycles. The fourth-order valence-electron chi connectivity index (χ4n) is 3.31. The van der Waals surface area contributed by atoms with E-state index in [1.165, 1.54) is 18.2 Å². The number of rotatable bonds is 2. The lowest BCUT2D eigenvalue weighted by Gasteiger charge is -2.45. The Balaban J connectivity index is 2.11. The number of hydrogen-bond acceptors (Lipinski definition) is 4. The molecule has 0 bridgehead atoms. The van der Waals surface area contributed by atoms with Crippen molar-refractivity contribution in [2.75, 3.05) is 18.8 Å². The lowest BCUT2D eigenvalue weighted by molar-refractivity contribution is 0.1000. The number of benzene rings is 1. The molecular weight excluding hydrogens is 333 g/mol. The number of halogens is 1. The Morgan fingerprint density at radius 1 is 1.46 bits per heavy atom. The molecular formula is C15H22FN5O2S. The minimum absolute atomic E-state index is 0.0971. The number of fused-ring (bicyclic) bond motifs is 1. The normalized spacial score (nSPS) is 27.6. The molecule has 1 unspecified atom stereocenters. The van der Waals surface area contributed by atoms with Crippen LogP contribution in [0.4, 0.5) is 4.39 Å². The summed E-state index contributed by atoms with van der Waals surface area (Å²) in [6.07, 6.45) is 1.74. The molecule has 1 amide bonds. The van der Waals surface area contributed by atoms with E-state index in [0.717, 1.165) is 12.8 Å². The molecule has 0 radical (unpaired) electrons. The van der Waals surface area contributed by atoms with Gasteiger partial charge in [-0.2, -0.15) is 0 Å². The molecule has 2 aliphatic rings. The van der Waals surface area contributed by atoms with Crippen molar-refractivity contribution in [2.45, 2.75) is 25.3 Å². The van der Waals surface area contributed by atoms with Crippen molar-refractivity contribution in [3.8, 4) is 0 Å². The molecule has 2 aliphatic heterocycles. The highest BCUT2D eigenvalue weighted by Gasteiger charge is 2.43. The van der Waals surface area contributed by atoms with Crippen LogP contribution in [0.25, 0.3) is 0 Å². The fourth-order valence-corrected chi connectivity index (χ4v) is 6.19. The molecule has 1 aromatic carbocycles. The van der Waals surface area contributed by atoms with Crippen molar-refractivity contribution in [1.82, 2.24) is 9.03 Å². The molecule has 1 atom stereocenters. The van der Waals surface area contributed by atoms with Crippen molar-refractivity contribution in [3.63, 3.8) is 0 Å². The SMILES string of the molecule is CC1(c2cc(C(N)=O)ccc2F)C[SH]2(=O)NCCCCN2C(N)=N1. The molecule has 1 saturated heterocycles. The second-order valence-electron chi connectivity index (χ2n) is 6.40. The summed E-state index contributed by atoms with van der Waals surface area (Å²) < 4.78 is 32.5. The number of carbonyl (C=O) groups is 1. The van der Waals surface area contributed by atoms with Crippen LogP contribution in [0.5, 0.6) is 0 Å². The van der Waals surface area contributed by atoms with Crippen LogP contribution in [0.2, 0.25) is 0 Å². The zero-order valence-corrected chi connectivity index (χ0v) is 14.4. The zero-order chi connectivity index (χ0) is 17.5. The predicted octanol–water partition coefficient (Wildman–Crippen LogP) is 0.000200. The molecule has 2 heterocycles. The van der Waals surface area contributed by atoms with E-state index >= 15 is 0 Å². The highest BCUT2D eigenvalue weighted by atomic mass is 32.3. The minimum Gasteiger partial charge on any atom is -0.369 e. The van der Waals surface area contributed by atoms with E-state index in [4.69, 9.17) is 11.5 Å². The average molecular weight is 355 g/mol. The van der Waals surface area contributed by atoms with E-state index < -0.39 is 27.6 Å². The van der Waals surface area contributed by atoms with E-state index in [0.29, 0.717) is 13.1 Å². The first-order chi connectivity index (χ1) is 11.3. The third kappa shape index (κ3) is 2.78. The number of thiol groups is 1. The Morgan fingerprint density at radius 3 is 2.92 bits per heavy atom. The van der Waals surface area contributed by atoms with Crippen LogP contribution in [0.1, 0.15) is 35.7 Å². The van der Waals surface area contributed by atoms with Crippen LogP contribution in [0, 0.1) is 5.82 Å². The van der Waals surface area contributed by atoms with E-state index in [1.54, 1.807) is 11.2 Å². The number of aliphatic imine (C=N–C) groups is 1. The number of amides is 1. The first kappa shape index (κ1) is 16.8. The standard InChI is InChI=1S/C15H22FN5O2S/c1-15(11-8-10(13(17)22)4-5-12(11)16)9-24(23)19-6-2-3-7-21(24)14(18)20-15/h4-5,8,24H,2-3,6-7,9H2,1H3,(H2,17,22)(H2,18,20)(H,19,23). The van der Waals surface area contributed by atoms with E-state index in [2.05, 4.69) is 9.71 Å². The van der Waals surface area contributed by atoms with Gasteiger partial charge in [-0.1, -0.05) is 0 Å². The van der Waals surface area contributed by atoms with Gasteiger partial charge in [-0.3, -0.25) is 13.3 Å². The number of nitrogens with zero attached hydrogens (tertiary/aromatic N) is 2. The third-order valence-corrected chi connectivity index (χ3v) is 7.47. The molecule has 5 N–H and O–H groups in total. The Hall–Kier alpha value is -2.00. The molecule has 1 aromatic rings. The summed E-state index contributed by atoms with van der Waals surface area (Å²) in [4.78, 5) is 15.8. The number of nitrogens with two attached hydrogens (primary N) is 2. The number of nitrogens with one attached hydrogen (secondary N) is 1. The summed E-state index contributed by atoms with van der Waals surface area (Å²) in [5.74, 6) is -0.965. The van der Waals surface area contributed by atoms with Gasteiger partial charge in [0, 0.05) is 34.5 Å². The van der Waals surface area contributed by atoms with Gasteiger partial charge in [0.25, 0.3) is 0 Å². The van der Waals surface area contributed by atoms with Gasteiger partial charge in [0.15, 0.2) is 0 Å². The first-order valence-corrected chi connectivity index (χ1v) is 9.67. The topological polar surface area (TPSA) is 114 Å². The molecule has 0 saturated carbocycles. The van der Waals surface area contributed by atoms with Crippen LogP contribution in [-0.4, -0.2) is 39.2 Å². The Kier molecular flexibility index (Phi) is 4.08. The highest BCUT2D eigenvalue weighted by Crippen LogP contribution is 2.36.